The zero-order valence-electron chi connectivity index (χ0n) is 13.8. The van der Waals surface area contributed by atoms with Gasteiger partial charge in [-0.1, -0.05) is 11.3 Å². The SMILES string of the molecule is Cc1ccc(-c2nc(NC(=O)c3ccncc3)sc2-c2ccncc2)o1. The van der Waals surface area contributed by atoms with Gasteiger partial charge in [-0.25, -0.2) is 4.98 Å². The van der Waals surface area contributed by atoms with E-state index in [0.29, 0.717) is 22.1 Å². The number of hydrogen-bond acceptors (Lipinski definition) is 6. The number of carbonyl (C=O) groups excluding carboxylic acids is 1. The molecule has 4 heterocycles. The molecule has 0 saturated heterocycles. The maximum atomic E-state index is 12.4. The number of hydrogen-bond donors (Lipinski definition) is 1. The number of thiazole rings is 1. The van der Waals surface area contributed by atoms with Crippen LogP contribution in [0.1, 0.15) is 16.1 Å². The number of amides is 1. The number of anilines is 1. The first-order valence-electron chi connectivity index (χ1n) is 7.90. The monoisotopic (exact) mass is 362 g/mol. The molecule has 0 spiro atoms. The van der Waals surface area contributed by atoms with Gasteiger partial charge >= 0.3 is 0 Å². The van der Waals surface area contributed by atoms with E-state index in [-0.39, 0.29) is 5.91 Å². The molecule has 4 aromatic rings. The number of rotatable bonds is 4. The molecule has 1 amide bonds. The Bertz CT molecular complexity index is 1040. The highest BCUT2D eigenvalue weighted by atomic mass is 32.1. The van der Waals surface area contributed by atoms with Crippen LogP contribution in [0.2, 0.25) is 0 Å². The highest BCUT2D eigenvalue weighted by molar-refractivity contribution is 7.19. The zero-order chi connectivity index (χ0) is 17.9. The summed E-state index contributed by atoms with van der Waals surface area (Å²) >= 11 is 1.39. The van der Waals surface area contributed by atoms with Crippen molar-refractivity contribution < 1.29 is 9.21 Å². The normalized spacial score (nSPS) is 10.7. The van der Waals surface area contributed by atoms with Crippen LogP contribution in [0.4, 0.5) is 5.13 Å². The Morgan fingerprint density at radius 3 is 2.35 bits per heavy atom. The summed E-state index contributed by atoms with van der Waals surface area (Å²) < 4.78 is 5.74. The van der Waals surface area contributed by atoms with Crippen molar-refractivity contribution in [3.63, 3.8) is 0 Å². The van der Waals surface area contributed by atoms with Crippen LogP contribution in [0, 0.1) is 6.92 Å². The van der Waals surface area contributed by atoms with Gasteiger partial charge in [0.25, 0.3) is 5.91 Å². The highest BCUT2D eigenvalue weighted by Gasteiger charge is 2.19. The van der Waals surface area contributed by atoms with Crippen LogP contribution >= 0.6 is 11.3 Å². The molecule has 0 aliphatic heterocycles. The van der Waals surface area contributed by atoms with Crippen LogP contribution in [-0.2, 0) is 0 Å². The van der Waals surface area contributed by atoms with Gasteiger partial charge < -0.3 is 4.42 Å². The number of aromatic nitrogens is 3. The van der Waals surface area contributed by atoms with Gasteiger partial charge in [-0.15, -0.1) is 0 Å². The van der Waals surface area contributed by atoms with E-state index >= 15 is 0 Å². The number of carbonyl (C=O) groups is 1. The minimum Gasteiger partial charge on any atom is -0.460 e. The Hall–Kier alpha value is -3.32. The van der Waals surface area contributed by atoms with E-state index in [2.05, 4.69) is 20.3 Å². The van der Waals surface area contributed by atoms with Gasteiger partial charge in [0.2, 0.25) is 0 Å². The van der Waals surface area contributed by atoms with E-state index in [0.717, 1.165) is 16.2 Å². The summed E-state index contributed by atoms with van der Waals surface area (Å²) in [6.45, 7) is 1.88. The van der Waals surface area contributed by atoms with Crippen molar-refractivity contribution >= 4 is 22.4 Å². The third-order valence-electron chi connectivity index (χ3n) is 3.71. The van der Waals surface area contributed by atoms with Crippen molar-refractivity contribution in [2.45, 2.75) is 6.92 Å². The molecule has 26 heavy (non-hydrogen) atoms. The number of nitrogens with one attached hydrogen (secondary N) is 1. The molecule has 4 aromatic heterocycles. The van der Waals surface area contributed by atoms with Gasteiger partial charge in [-0.05, 0) is 48.9 Å². The standard InChI is InChI=1S/C19H14N4O2S/c1-12-2-3-15(25-12)16-17(13-4-8-20-9-5-13)26-19(22-16)23-18(24)14-6-10-21-11-7-14/h2-11H,1H3,(H,22,23,24). The molecule has 0 bridgehead atoms. The van der Waals surface area contributed by atoms with Crippen molar-refractivity contribution in [1.82, 2.24) is 15.0 Å². The average Bonchev–Trinajstić information content (AvgIpc) is 3.29. The molecule has 0 fully saturated rings. The van der Waals surface area contributed by atoms with Crippen LogP contribution in [-0.4, -0.2) is 20.9 Å². The number of nitrogens with zero attached hydrogens (tertiary/aromatic N) is 3. The smallest absolute Gasteiger partial charge is 0.257 e. The molecule has 7 heteroatoms. The summed E-state index contributed by atoms with van der Waals surface area (Å²) in [6, 6.07) is 10.9. The van der Waals surface area contributed by atoms with E-state index in [4.69, 9.17) is 4.42 Å². The second-order valence-electron chi connectivity index (χ2n) is 5.53. The summed E-state index contributed by atoms with van der Waals surface area (Å²) in [5, 5.41) is 3.35. The van der Waals surface area contributed by atoms with Crippen LogP contribution in [0.3, 0.4) is 0 Å². The topological polar surface area (TPSA) is 80.9 Å². The van der Waals surface area contributed by atoms with Crippen molar-refractivity contribution in [2.24, 2.45) is 0 Å². The Morgan fingerprint density at radius 2 is 1.69 bits per heavy atom. The van der Waals surface area contributed by atoms with E-state index < -0.39 is 0 Å². The van der Waals surface area contributed by atoms with Crippen LogP contribution in [0.25, 0.3) is 21.9 Å². The van der Waals surface area contributed by atoms with Crippen molar-refractivity contribution in [1.29, 1.82) is 0 Å². The fraction of sp³-hybridized carbons (Fsp3) is 0.0526. The minimum atomic E-state index is -0.232. The summed E-state index contributed by atoms with van der Waals surface area (Å²) in [7, 11) is 0. The largest absolute Gasteiger partial charge is 0.460 e. The van der Waals surface area contributed by atoms with E-state index in [1.54, 1.807) is 36.9 Å². The van der Waals surface area contributed by atoms with Gasteiger partial charge in [0, 0.05) is 30.4 Å². The fourth-order valence-electron chi connectivity index (χ4n) is 2.47. The van der Waals surface area contributed by atoms with Crippen molar-refractivity contribution in [2.75, 3.05) is 5.32 Å². The van der Waals surface area contributed by atoms with Gasteiger partial charge in [0.05, 0.1) is 4.88 Å². The first-order valence-corrected chi connectivity index (χ1v) is 8.72. The number of furan rings is 1. The van der Waals surface area contributed by atoms with Gasteiger partial charge in [0.1, 0.15) is 11.5 Å². The summed E-state index contributed by atoms with van der Waals surface area (Å²) in [5.41, 5.74) is 2.18. The number of pyridine rings is 2. The molecule has 0 atom stereocenters. The molecule has 0 radical (unpaired) electrons. The zero-order valence-corrected chi connectivity index (χ0v) is 14.7. The molecule has 4 rings (SSSR count). The third-order valence-corrected chi connectivity index (χ3v) is 4.73. The summed E-state index contributed by atoms with van der Waals surface area (Å²) in [4.78, 5) is 25.9. The lowest BCUT2D eigenvalue weighted by atomic mass is 10.2. The average molecular weight is 362 g/mol. The molecular weight excluding hydrogens is 348 g/mol. The lowest BCUT2D eigenvalue weighted by Gasteiger charge is -2.00. The van der Waals surface area contributed by atoms with Gasteiger partial charge in [-0.2, -0.15) is 0 Å². The molecule has 0 unspecified atom stereocenters. The molecule has 1 N–H and O–H groups in total. The first-order chi connectivity index (χ1) is 12.7. The lowest BCUT2D eigenvalue weighted by molar-refractivity contribution is 0.102. The van der Waals surface area contributed by atoms with Gasteiger partial charge in [0.15, 0.2) is 10.9 Å². The van der Waals surface area contributed by atoms with Crippen molar-refractivity contribution in [3.05, 3.63) is 72.5 Å². The Kier molecular flexibility index (Phi) is 4.28. The van der Waals surface area contributed by atoms with Crippen LogP contribution in [0.15, 0.2) is 65.6 Å². The van der Waals surface area contributed by atoms with Crippen LogP contribution in [0.5, 0.6) is 0 Å². The highest BCUT2D eigenvalue weighted by Crippen LogP contribution is 2.39. The number of aryl methyl sites for hydroxylation is 1. The predicted octanol–water partition coefficient (Wildman–Crippen LogP) is 4.42. The lowest BCUT2D eigenvalue weighted by Crippen LogP contribution is -2.11. The van der Waals surface area contributed by atoms with E-state index in [1.807, 2.05) is 31.2 Å². The third kappa shape index (κ3) is 3.25. The molecule has 0 aliphatic rings. The quantitative estimate of drug-likeness (QED) is 0.581. The minimum absolute atomic E-state index is 0.232. The maximum Gasteiger partial charge on any atom is 0.257 e. The fourth-order valence-corrected chi connectivity index (χ4v) is 3.44. The maximum absolute atomic E-state index is 12.4. The van der Waals surface area contributed by atoms with E-state index in [9.17, 15) is 4.79 Å². The summed E-state index contributed by atoms with van der Waals surface area (Å²) in [6.07, 6.45) is 6.61. The summed E-state index contributed by atoms with van der Waals surface area (Å²) in [5.74, 6) is 1.23. The second-order valence-corrected chi connectivity index (χ2v) is 6.53. The Morgan fingerprint density at radius 1 is 1.00 bits per heavy atom. The molecule has 128 valence electrons. The molecular formula is C19H14N4O2S. The van der Waals surface area contributed by atoms with Crippen LogP contribution < -0.4 is 5.32 Å². The second kappa shape index (κ2) is 6.89. The predicted molar refractivity (Wildman–Crippen MR) is 100.0 cm³/mol. The molecule has 0 aromatic carbocycles. The molecule has 0 saturated carbocycles. The first kappa shape index (κ1) is 16.2. The Balaban J connectivity index is 1.73. The Labute approximate surface area is 153 Å². The molecule has 0 aliphatic carbocycles. The van der Waals surface area contributed by atoms with E-state index in [1.165, 1.54) is 11.3 Å². The molecule has 6 nitrogen and oxygen atoms in total. The van der Waals surface area contributed by atoms with Crippen molar-refractivity contribution in [3.8, 4) is 21.9 Å². The van der Waals surface area contributed by atoms with Gasteiger partial charge in [-0.3, -0.25) is 20.1 Å².